The minimum Gasteiger partial charge on any atom is -0.268 e. The highest BCUT2D eigenvalue weighted by Crippen LogP contribution is 2.21. The summed E-state index contributed by atoms with van der Waals surface area (Å²) in [5, 5.41) is 15.3. The topological polar surface area (TPSA) is 69.5 Å². The SMILES string of the molecule is Cc1ccc(-c2n[nH]c(=O)cc2C#N)cc1C. The van der Waals surface area contributed by atoms with E-state index in [0.717, 1.165) is 11.1 Å². The Morgan fingerprint density at radius 3 is 2.65 bits per heavy atom. The van der Waals surface area contributed by atoms with Crippen molar-refractivity contribution in [3.63, 3.8) is 0 Å². The molecule has 0 saturated carbocycles. The Bertz CT molecular complexity index is 665. The number of nitrogens with one attached hydrogen (secondary N) is 1. The molecule has 0 fully saturated rings. The Labute approximate surface area is 98.5 Å². The van der Waals surface area contributed by atoms with Crippen molar-refractivity contribution >= 4 is 0 Å². The molecule has 0 amide bonds. The largest absolute Gasteiger partial charge is 0.268 e. The van der Waals surface area contributed by atoms with Crippen LogP contribution < -0.4 is 5.56 Å². The highest BCUT2D eigenvalue weighted by Gasteiger charge is 2.08. The van der Waals surface area contributed by atoms with Crippen LogP contribution >= 0.6 is 0 Å². The summed E-state index contributed by atoms with van der Waals surface area (Å²) >= 11 is 0. The van der Waals surface area contributed by atoms with E-state index in [4.69, 9.17) is 5.26 Å². The molecule has 4 heteroatoms. The number of aryl methyl sites for hydroxylation is 2. The van der Waals surface area contributed by atoms with Gasteiger partial charge in [0.1, 0.15) is 11.8 Å². The van der Waals surface area contributed by atoms with Gasteiger partial charge in [0, 0.05) is 11.6 Å². The fourth-order valence-corrected chi connectivity index (χ4v) is 1.60. The number of aromatic nitrogens is 2. The molecule has 1 aromatic carbocycles. The van der Waals surface area contributed by atoms with E-state index in [9.17, 15) is 4.79 Å². The second-order valence-corrected chi connectivity index (χ2v) is 3.91. The Kier molecular flexibility index (Phi) is 2.75. The predicted octanol–water partition coefficient (Wildman–Crippen LogP) is 1.93. The van der Waals surface area contributed by atoms with Gasteiger partial charge in [-0.25, -0.2) is 5.10 Å². The third-order valence-electron chi connectivity index (χ3n) is 2.71. The molecule has 84 valence electrons. The van der Waals surface area contributed by atoms with Crippen LogP contribution in [0.1, 0.15) is 16.7 Å². The predicted molar refractivity (Wildman–Crippen MR) is 64.5 cm³/mol. The molecule has 0 unspecified atom stereocenters. The molecule has 0 saturated heterocycles. The van der Waals surface area contributed by atoms with Crippen LogP contribution in [0.3, 0.4) is 0 Å². The van der Waals surface area contributed by atoms with Crippen LogP contribution in [0.25, 0.3) is 11.3 Å². The van der Waals surface area contributed by atoms with Crippen molar-refractivity contribution in [2.45, 2.75) is 13.8 Å². The summed E-state index contributed by atoms with van der Waals surface area (Å²) in [6.45, 7) is 4.02. The van der Waals surface area contributed by atoms with Gasteiger partial charge in [0.2, 0.25) is 0 Å². The molecule has 1 heterocycles. The first-order valence-corrected chi connectivity index (χ1v) is 5.19. The van der Waals surface area contributed by atoms with E-state index >= 15 is 0 Å². The fraction of sp³-hybridized carbons (Fsp3) is 0.154. The highest BCUT2D eigenvalue weighted by atomic mass is 16.1. The van der Waals surface area contributed by atoms with E-state index < -0.39 is 0 Å². The van der Waals surface area contributed by atoms with Crippen molar-refractivity contribution in [3.05, 3.63) is 51.3 Å². The quantitative estimate of drug-likeness (QED) is 0.806. The summed E-state index contributed by atoms with van der Waals surface area (Å²) in [6, 6.07) is 9.07. The van der Waals surface area contributed by atoms with E-state index in [0.29, 0.717) is 5.69 Å². The van der Waals surface area contributed by atoms with Gasteiger partial charge in [-0.2, -0.15) is 10.4 Å². The standard InChI is InChI=1S/C13H11N3O/c1-8-3-4-10(5-9(8)2)13-11(7-14)6-12(17)15-16-13/h3-6H,1-2H3,(H,15,17). The van der Waals surface area contributed by atoms with Crippen molar-refractivity contribution in [2.75, 3.05) is 0 Å². The fourth-order valence-electron chi connectivity index (χ4n) is 1.60. The summed E-state index contributed by atoms with van der Waals surface area (Å²) < 4.78 is 0. The molecule has 17 heavy (non-hydrogen) atoms. The molecule has 1 aromatic heterocycles. The van der Waals surface area contributed by atoms with Gasteiger partial charge in [0.25, 0.3) is 5.56 Å². The summed E-state index contributed by atoms with van der Waals surface area (Å²) in [7, 11) is 0. The maximum atomic E-state index is 11.1. The van der Waals surface area contributed by atoms with Gasteiger partial charge in [0.15, 0.2) is 0 Å². The number of nitriles is 1. The zero-order valence-electron chi connectivity index (χ0n) is 9.61. The Hall–Kier alpha value is -2.41. The van der Waals surface area contributed by atoms with Crippen LogP contribution in [0.2, 0.25) is 0 Å². The molecular formula is C13H11N3O. The van der Waals surface area contributed by atoms with Gasteiger partial charge in [-0.05, 0) is 31.0 Å². The van der Waals surface area contributed by atoms with Crippen molar-refractivity contribution < 1.29 is 0 Å². The normalized spacial score (nSPS) is 9.94. The van der Waals surface area contributed by atoms with Crippen LogP contribution in [0.5, 0.6) is 0 Å². The van der Waals surface area contributed by atoms with Gasteiger partial charge in [-0.1, -0.05) is 12.1 Å². The lowest BCUT2D eigenvalue weighted by Crippen LogP contribution is -2.08. The van der Waals surface area contributed by atoms with E-state index in [-0.39, 0.29) is 11.1 Å². The second kappa shape index (κ2) is 4.22. The first-order chi connectivity index (χ1) is 8.11. The molecule has 0 aliphatic carbocycles. The lowest BCUT2D eigenvalue weighted by molar-refractivity contribution is 0.989. The molecule has 0 aliphatic heterocycles. The Morgan fingerprint density at radius 2 is 2.00 bits per heavy atom. The van der Waals surface area contributed by atoms with E-state index in [1.165, 1.54) is 11.6 Å². The maximum Gasteiger partial charge on any atom is 0.265 e. The molecule has 1 N–H and O–H groups in total. The number of hydrogen-bond acceptors (Lipinski definition) is 3. The van der Waals surface area contributed by atoms with Crippen molar-refractivity contribution in [1.29, 1.82) is 5.26 Å². The maximum absolute atomic E-state index is 11.1. The lowest BCUT2D eigenvalue weighted by Gasteiger charge is -2.05. The van der Waals surface area contributed by atoms with E-state index in [2.05, 4.69) is 10.2 Å². The molecule has 0 radical (unpaired) electrons. The van der Waals surface area contributed by atoms with Gasteiger partial charge < -0.3 is 0 Å². The van der Waals surface area contributed by atoms with Crippen LogP contribution in [0, 0.1) is 25.2 Å². The smallest absolute Gasteiger partial charge is 0.265 e. The molecule has 0 spiro atoms. The van der Waals surface area contributed by atoms with E-state index in [1.807, 2.05) is 38.1 Å². The molecule has 0 aliphatic rings. The average molecular weight is 225 g/mol. The number of benzene rings is 1. The van der Waals surface area contributed by atoms with Gasteiger partial charge >= 0.3 is 0 Å². The highest BCUT2D eigenvalue weighted by molar-refractivity contribution is 5.66. The summed E-state index contributed by atoms with van der Waals surface area (Å²) in [5.74, 6) is 0. The third-order valence-corrected chi connectivity index (χ3v) is 2.71. The molecule has 2 rings (SSSR count). The lowest BCUT2D eigenvalue weighted by atomic mass is 10.0. The zero-order chi connectivity index (χ0) is 12.4. The first kappa shape index (κ1) is 11.1. The second-order valence-electron chi connectivity index (χ2n) is 3.91. The summed E-state index contributed by atoms with van der Waals surface area (Å²) in [6.07, 6.45) is 0. The Balaban J connectivity index is 2.65. The van der Waals surface area contributed by atoms with Crippen molar-refractivity contribution in [3.8, 4) is 17.3 Å². The van der Waals surface area contributed by atoms with Crippen LogP contribution in [0.4, 0.5) is 0 Å². The first-order valence-electron chi connectivity index (χ1n) is 5.19. The molecule has 0 bridgehead atoms. The van der Waals surface area contributed by atoms with Crippen LogP contribution in [-0.2, 0) is 0 Å². The molecule has 0 atom stereocenters. The molecule has 2 aromatic rings. The third kappa shape index (κ3) is 2.08. The molecule has 4 nitrogen and oxygen atoms in total. The number of H-pyrrole nitrogens is 1. The molecular weight excluding hydrogens is 214 g/mol. The van der Waals surface area contributed by atoms with Crippen molar-refractivity contribution in [2.24, 2.45) is 0 Å². The average Bonchev–Trinajstić information content (AvgIpc) is 2.32. The zero-order valence-corrected chi connectivity index (χ0v) is 9.61. The number of rotatable bonds is 1. The number of nitrogens with zero attached hydrogens (tertiary/aromatic N) is 2. The van der Waals surface area contributed by atoms with Crippen LogP contribution in [0.15, 0.2) is 29.1 Å². The van der Waals surface area contributed by atoms with Crippen LogP contribution in [-0.4, -0.2) is 10.2 Å². The van der Waals surface area contributed by atoms with Gasteiger partial charge in [0.05, 0.1) is 5.56 Å². The summed E-state index contributed by atoms with van der Waals surface area (Å²) in [5.41, 5.74) is 3.57. The number of aromatic amines is 1. The van der Waals surface area contributed by atoms with Gasteiger partial charge in [-0.15, -0.1) is 0 Å². The minimum atomic E-state index is -0.367. The monoisotopic (exact) mass is 225 g/mol. The number of hydrogen-bond donors (Lipinski definition) is 1. The van der Waals surface area contributed by atoms with Gasteiger partial charge in [-0.3, -0.25) is 4.79 Å². The van der Waals surface area contributed by atoms with E-state index in [1.54, 1.807) is 0 Å². The summed E-state index contributed by atoms with van der Waals surface area (Å²) in [4.78, 5) is 11.1. The van der Waals surface area contributed by atoms with Crippen molar-refractivity contribution in [1.82, 2.24) is 10.2 Å². The Morgan fingerprint density at radius 1 is 1.24 bits per heavy atom. The minimum absolute atomic E-state index is 0.289.